The van der Waals surface area contributed by atoms with Crippen LogP contribution in [0.25, 0.3) is 11.1 Å². The van der Waals surface area contributed by atoms with Crippen molar-refractivity contribution in [2.75, 3.05) is 13.2 Å². The number of imidazole rings is 1. The molecule has 3 rings (SSSR count). The normalized spacial score (nSPS) is 11.9. The fraction of sp³-hybridized carbons (Fsp3) is 0.424. The monoisotopic (exact) mass is 592 g/mol. The number of nitrogens with zero attached hydrogens (tertiary/aromatic N) is 2. The van der Waals surface area contributed by atoms with Crippen molar-refractivity contribution in [1.29, 1.82) is 0 Å². The molecule has 0 aliphatic heterocycles. The van der Waals surface area contributed by atoms with E-state index in [0.29, 0.717) is 17.8 Å². The second-order valence-electron chi connectivity index (χ2n) is 10.8. The van der Waals surface area contributed by atoms with Gasteiger partial charge in [0.25, 0.3) is 0 Å². The van der Waals surface area contributed by atoms with Crippen molar-refractivity contribution in [3.8, 4) is 11.1 Å². The van der Waals surface area contributed by atoms with Crippen LogP contribution in [0, 0.1) is 0 Å². The summed E-state index contributed by atoms with van der Waals surface area (Å²) in [6, 6.07) is 14.9. The van der Waals surface area contributed by atoms with Crippen LogP contribution in [0.3, 0.4) is 0 Å². The number of rotatable bonds is 11. The molecule has 0 amide bonds. The number of benzene rings is 2. The molecule has 1 aromatic heterocycles. The predicted molar refractivity (Wildman–Crippen MR) is 159 cm³/mol. The Kier molecular flexibility index (Phi) is 11.2. The summed E-state index contributed by atoms with van der Waals surface area (Å²) in [5.74, 6) is -2.70. The molecule has 0 spiro atoms. The summed E-state index contributed by atoms with van der Waals surface area (Å²) in [4.78, 5) is 54.8. The van der Waals surface area contributed by atoms with Gasteiger partial charge < -0.3 is 23.5 Å². The van der Waals surface area contributed by atoms with Gasteiger partial charge in [0.2, 0.25) is 0 Å². The molecule has 1 unspecified atom stereocenters. The van der Waals surface area contributed by atoms with Crippen molar-refractivity contribution in [2.45, 2.75) is 79.6 Å². The maximum absolute atomic E-state index is 13.2. The van der Waals surface area contributed by atoms with E-state index in [4.69, 9.17) is 18.9 Å². The van der Waals surface area contributed by atoms with Crippen LogP contribution >= 0.6 is 0 Å². The van der Waals surface area contributed by atoms with Crippen molar-refractivity contribution in [3.05, 3.63) is 76.9 Å². The molecule has 2 aromatic carbocycles. The highest BCUT2D eigenvalue weighted by Gasteiger charge is 2.31. The van der Waals surface area contributed by atoms with Gasteiger partial charge in [-0.05, 0) is 70.7 Å². The molecule has 0 radical (unpaired) electrons. The summed E-state index contributed by atoms with van der Waals surface area (Å²) in [6.07, 6.45) is 0.280. The topological polar surface area (TPSA) is 123 Å². The minimum absolute atomic E-state index is 0.0248. The lowest BCUT2D eigenvalue weighted by molar-refractivity contribution is -0.170. The Morgan fingerprint density at radius 1 is 0.860 bits per heavy atom. The molecule has 1 heterocycles. The van der Waals surface area contributed by atoms with E-state index in [1.165, 1.54) is 0 Å². The van der Waals surface area contributed by atoms with Gasteiger partial charge in [-0.1, -0.05) is 49.4 Å². The fourth-order valence-electron chi connectivity index (χ4n) is 4.47. The first-order valence-corrected chi connectivity index (χ1v) is 14.5. The standard InChI is InChI=1S/C33H40N2O8/c1-8-13-26-34-27(21(4)42-32(39)31(38)41-10-3)28(30(37)40-9-2)35(26)20-22-16-18-23(19-17-22)24-14-11-12-15-25(24)29(36)43-33(5,6)7/h11-12,14-19,21H,8-10,13,20H2,1-7H3. The summed E-state index contributed by atoms with van der Waals surface area (Å²) < 4.78 is 22.7. The third-order valence-electron chi connectivity index (χ3n) is 6.28. The predicted octanol–water partition coefficient (Wildman–Crippen LogP) is 5.85. The molecule has 43 heavy (non-hydrogen) atoms. The minimum atomic E-state index is -1.17. The Morgan fingerprint density at radius 2 is 1.51 bits per heavy atom. The Hall–Kier alpha value is -4.47. The third kappa shape index (κ3) is 8.53. The average Bonchev–Trinajstić information content (AvgIpc) is 3.31. The van der Waals surface area contributed by atoms with Gasteiger partial charge in [0.15, 0.2) is 5.69 Å². The number of ether oxygens (including phenoxy) is 4. The molecule has 230 valence electrons. The maximum Gasteiger partial charge on any atom is 0.418 e. The second kappa shape index (κ2) is 14.6. The maximum atomic E-state index is 13.2. The van der Waals surface area contributed by atoms with Crippen LogP contribution in [0.2, 0.25) is 0 Å². The van der Waals surface area contributed by atoms with E-state index >= 15 is 0 Å². The Morgan fingerprint density at radius 3 is 2.12 bits per heavy atom. The van der Waals surface area contributed by atoms with Crippen LogP contribution in [0.4, 0.5) is 0 Å². The van der Waals surface area contributed by atoms with Crippen molar-refractivity contribution >= 4 is 23.9 Å². The lowest BCUT2D eigenvalue weighted by Gasteiger charge is -2.20. The molecule has 0 saturated carbocycles. The molecule has 0 N–H and O–H groups in total. The average molecular weight is 593 g/mol. The van der Waals surface area contributed by atoms with Crippen LogP contribution in [0.5, 0.6) is 0 Å². The van der Waals surface area contributed by atoms with Crippen LogP contribution in [-0.2, 0) is 41.5 Å². The zero-order valence-corrected chi connectivity index (χ0v) is 25.9. The van der Waals surface area contributed by atoms with Gasteiger partial charge in [0.05, 0.1) is 18.8 Å². The van der Waals surface area contributed by atoms with E-state index in [-0.39, 0.29) is 31.1 Å². The SMILES string of the molecule is CCCc1nc(C(C)OC(=O)C(=O)OCC)c(C(=O)OCC)n1Cc1ccc(-c2ccccc2C(=O)OC(C)(C)C)cc1. The summed E-state index contributed by atoms with van der Waals surface area (Å²) >= 11 is 0. The lowest BCUT2D eigenvalue weighted by Crippen LogP contribution is -2.24. The summed E-state index contributed by atoms with van der Waals surface area (Å²) in [6.45, 7) is 12.7. The molecule has 0 bridgehead atoms. The van der Waals surface area contributed by atoms with E-state index in [0.717, 1.165) is 23.1 Å². The number of aromatic nitrogens is 2. The van der Waals surface area contributed by atoms with E-state index in [9.17, 15) is 19.2 Å². The van der Waals surface area contributed by atoms with Crippen molar-refractivity contribution in [2.24, 2.45) is 0 Å². The zero-order valence-electron chi connectivity index (χ0n) is 25.9. The fourth-order valence-corrected chi connectivity index (χ4v) is 4.47. The van der Waals surface area contributed by atoms with Crippen molar-refractivity contribution in [1.82, 2.24) is 9.55 Å². The summed E-state index contributed by atoms with van der Waals surface area (Å²) in [5.41, 5.74) is 2.61. The van der Waals surface area contributed by atoms with Crippen LogP contribution in [-0.4, -0.2) is 52.2 Å². The molecular formula is C33H40N2O8. The lowest BCUT2D eigenvalue weighted by atomic mass is 9.98. The Labute approximate surface area is 252 Å². The number of carbonyl (C=O) groups is 4. The molecule has 10 nitrogen and oxygen atoms in total. The molecule has 3 aromatic rings. The van der Waals surface area contributed by atoms with Gasteiger partial charge in [0, 0.05) is 13.0 Å². The van der Waals surface area contributed by atoms with Gasteiger partial charge in [0.1, 0.15) is 23.2 Å². The van der Waals surface area contributed by atoms with Crippen LogP contribution in [0.1, 0.15) is 98.9 Å². The van der Waals surface area contributed by atoms with Gasteiger partial charge >= 0.3 is 23.9 Å². The molecular weight excluding hydrogens is 552 g/mol. The smallest absolute Gasteiger partial charge is 0.418 e. The quantitative estimate of drug-likeness (QED) is 0.153. The Bertz CT molecular complexity index is 1450. The van der Waals surface area contributed by atoms with Crippen LogP contribution < -0.4 is 0 Å². The molecule has 0 aliphatic rings. The largest absolute Gasteiger partial charge is 0.461 e. The first-order chi connectivity index (χ1) is 20.4. The number of carbonyl (C=O) groups excluding carboxylic acids is 4. The molecule has 10 heteroatoms. The van der Waals surface area contributed by atoms with E-state index in [1.54, 1.807) is 37.5 Å². The molecule has 0 aliphatic carbocycles. The first-order valence-electron chi connectivity index (χ1n) is 14.5. The van der Waals surface area contributed by atoms with Gasteiger partial charge in [-0.3, -0.25) is 0 Å². The van der Waals surface area contributed by atoms with E-state index in [1.807, 2.05) is 64.1 Å². The number of hydrogen-bond acceptors (Lipinski definition) is 9. The van der Waals surface area contributed by atoms with Crippen LogP contribution in [0.15, 0.2) is 48.5 Å². The zero-order chi connectivity index (χ0) is 31.7. The number of aryl methyl sites for hydroxylation is 1. The van der Waals surface area contributed by atoms with Gasteiger partial charge in [-0.2, -0.15) is 0 Å². The van der Waals surface area contributed by atoms with Gasteiger partial charge in [-0.25, -0.2) is 24.2 Å². The van der Waals surface area contributed by atoms with E-state index in [2.05, 4.69) is 4.98 Å². The first kappa shape index (κ1) is 33.0. The number of hydrogen-bond donors (Lipinski definition) is 0. The molecule has 1 atom stereocenters. The van der Waals surface area contributed by atoms with Crippen molar-refractivity contribution in [3.63, 3.8) is 0 Å². The highest BCUT2D eigenvalue weighted by molar-refractivity contribution is 6.29. The highest BCUT2D eigenvalue weighted by atomic mass is 16.6. The Balaban J connectivity index is 1.98. The summed E-state index contributed by atoms with van der Waals surface area (Å²) in [5, 5.41) is 0. The highest BCUT2D eigenvalue weighted by Crippen LogP contribution is 2.28. The minimum Gasteiger partial charge on any atom is -0.461 e. The van der Waals surface area contributed by atoms with Gasteiger partial charge in [-0.15, -0.1) is 0 Å². The summed E-state index contributed by atoms with van der Waals surface area (Å²) in [7, 11) is 0. The van der Waals surface area contributed by atoms with E-state index < -0.39 is 35.6 Å². The van der Waals surface area contributed by atoms with Crippen molar-refractivity contribution < 1.29 is 38.1 Å². The third-order valence-corrected chi connectivity index (χ3v) is 6.28. The molecule has 0 saturated heterocycles. The number of esters is 4. The second-order valence-corrected chi connectivity index (χ2v) is 10.8. The molecule has 0 fully saturated rings.